The van der Waals surface area contributed by atoms with Gasteiger partial charge in [-0.1, -0.05) is 31.9 Å². The molecule has 26 heavy (non-hydrogen) atoms. The lowest BCUT2D eigenvalue weighted by atomic mass is 10.1. The van der Waals surface area contributed by atoms with Gasteiger partial charge in [-0.25, -0.2) is 9.97 Å². The van der Waals surface area contributed by atoms with Crippen LogP contribution in [0.4, 0.5) is 0 Å². The van der Waals surface area contributed by atoms with Crippen molar-refractivity contribution in [1.29, 1.82) is 0 Å². The Morgan fingerprint density at radius 1 is 1.27 bits per heavy atom. The molecule has 0 spiro atoms. The average molecular weight is 352 g/mol. The summed E-state index contributed by atoms with van der Waals surface area (Å²) in [4.78, 5) is 25.8. The number of nitrogens with zero attached hydrogens (tertiary/aromatic N) is 3. The first-order chi connectivity index (χ1) is 12.7. The molecule has 1 aliphatic carbocycles. The molecule has 0 bridgehead atoms. The Balaban J connectivity index is 1.90. The van der Waals surface area contributed by atoms with Crippen LogP contribution in [-0.2, 0) is 6.54 Å². The van der Waals surface area contributed by atoms with Crippen molar-refractivity contribution in [1.82, 2.24) is 19.5 Å². The van der Waals surface area contributed by atoms with Gasteiger partial charge in [0.15, 0.2) is 11.2 Å². The van der Waals surface area contributed by atoms with Crippen LogP contribution in [0.15, 0.2) is 29.1 Å². The SMILES string of the molecule is CCCn1c(-c2cccc(OC)c2)nc2nc(C3CCCC3)[nH]c2c1=O. The van der Waals surface area contributed by atoms with E-state index < -0.39 is 0 Å². The van der Waals surface area contributed by atoms with Gasteiger partial charge in [0, 0.05) is 18.0 Å². The predicted molar refractivity (Wildman–Crippen MR) is 102 cm³/mol. The summed E-state index contributed by atoms with van der Waals surface area (Å²) in [5.41, 5.74) is 1.85. The van der Waals surface area contributed by atoms with Crippen LogP contribution in [0.2, 0.25) is 0 Å². The number of hydrogen-bond acceptors (Lipinski definition) is 4. The zero-order valence-electron chi connectivity index (χ0n) is 15.3. The third-order valence-electron chi connectivity index (χ3n) is 5.15. The second-order valence-electron chi connectivity index (χ2n) is 6.93. The number of methoxy groups -OCH3 is 1. The monoisotopic (exact) mass is 352 g/mol. The summed E-state index contributed by atoms with van der Waals surface area (Å²) in [6, 6.07) is 7.66. The number of aromatic nitrogens is 4. The second-order valence-corrected chi connectivity index (χ2v) is 6.93. The van der Waals surface area contributed by atoms with Gasteiger partial charge in [-0.05, 0) is 31.4 Å². The molecular weight excluding hydrogens is 328 g/mol. The highest BCUT2D eigenvalue weighted by Crippen LogP contribution is 2.33. The van der Waals surface area contributed by atoms with Gasteiger partial charge in [0.2, 0.25) is 0 Å². The number of H-pyrrole nitrogens is 1. The molecule has 136 valence electrons. The summed E-state index contributed by atoms with van der Waals surface area (Å²) in [6.45, 7) is 2.68. The molecule has 6 heteroatoms. The van der Waals surface area contributed by atoms with Crippen LogP contribution in [0.25, 0.3) is 22.6 Å². The number of imidazole rings is 1. The Labute approximate surface area is 152 Å². The summed E-state index contributed by atoms with van der Waals surface area (Å²) < 4.78 is 7.07. The highest BCUT2D eigenvalue weighted by Gasteiger charge is 2.23. The summed E-state index contributed by atoms with van der Waals surface area (Å²) in [5, 5.41) is 0. The lowest BCUT2D eigenvalue weighted by molar-refractivity contribution is 0.415. The fourth-order valence-electron chi connectivity index (χ4n) is 3.81. The van der Waals surface area contributed by atoms with Crippen molar-refractivity contribution in [3.8, 4) is 17.1 Å². The van der Waals surface area contributed by atoms with E-state index in [2.05, 4.69) is 16.9 Å². The van der Waals surface area contributed by atoms with E-state index in [0.29, 0.717) is 29.5 Å². The molecule has 0 radical (unpaired) electrons. The normalized spacial score (nSPS) is 15.0. The summed E-state index contributed by atoms with van der Waals surface area (Å²) >= 11 is 0. The lowest BCUT2D eigenvalue weighted by Gasteiger charge is -2.11. The van der Waals surface area contributed by atoms with Gasteiger partial charge in [-0.2, -0.15) is 0 Å². The number of aromatic amines is 1. The molecule has 1 fully saturated rings. The van der Waals surface area contributed by atoms with Crippen LogP contribution in [0.3, 0.4) is 0 Å². The number of hydrogen-bond donors (Lipinski definition) is 1. The van der Waals surface area contributed by atoms with Gasteiger partial charge >= 0.3 is 0 Å². The highest BCUT2D eigenvalue weighted by atomic mass is 16.5. The van der Waals surface area contributed by atoms with E-state index in [1.807, 2.05) is 24.3 Å². The van der Waals surface area contributed by atoms with Crippen molar-refractivity contribution in [3.63, 3.8) is 0 Å². The number of fused-ring (bicyclic) bond motifs is 1. The van der Waals surface area contributed by atoms with E-state index in [1.165, 1.54) is 12.8 Å². The van der Waals surface area contributed by atoms with Crippen LogP contribution in [0.5, 0.6) is 5.75 Å². The van der Waals surface area contributed by atoms with E-state index in [9.17, 15) is 4.79 Å². The van der Waals surface area contributed by atoms with Crippen molar-refractivity contribution in [3.05, 3.63) is 40.4 Å². The second kappa shape index (κ2) is 6.94. The van der Waals surface area contributed by atoms with E-state index in [-0.39, 0.29) is 5.56 Å². The quantitative estimate of drug-likeness (QED) is 0.757. The number of ether oxygens (including phenoxy) is 1. The van der Waals surface area contributed by atoms with E-state index in [4.69, 9.17) is 9.72 Å². The number of rotatable bonds is 5. The molecule has 0 unspecified atom stereocenters. The molecule has 0 saturated heterocycles. The Bertz CT molecular complexity index is 983. The molecule has 1 saturated carbocycles. The maximum absolute atomic E-state index is 13.1. The van der Waals surface area contributed by atoms with E-state index in [1.54, 1.807) is 11.7 Å². The lowest BCUT2D eigenvalue weighted by Crippen LogP contribution is -2.23. The minimum absolute atomic E-state index is 0.0496. The minimum atomic E-state index is -0.0496. The van der Waals surface area contributed by atoms with Crippen molar-refractivity contribution in [2.45, 2.75) is 51.5 Å². The molecule has 4 rings (SSSR count). The van der Waals surface area contributed by atoms with Crippen LogP contribution in [0, 0.1) is 0 Å². The fraction of sp³-hybridized carbons (Fsp3) is 0.450. The smallest absolute Gasteiger partial charge is 0.279 e. The minimum Gasteiger partial charge on any atom is -0.497 e. The van der Waals surface area contributed by atoms with Gasteiger partial charge in [-0.3, -0.25) is 9.36 Å². The molecule has 1 N–H and O–H groups in total. The third-order valence-corrected chi connectivity index (χ3v) is 5.15. The van der Waals surface area contributed by atoms with Gasteiger partial charge < -0.3 is 9.72 Å². The van der Waals surface area contributed by atoms with Gasteiger partial charge in [-0.15, -0.1) is 0 Å². The molecule has 1 aliphatic rings. The summed E-state index contributed by atoms with van der Waals surface area (Å²) in [5.74, 6) is 2.72. The molecule has 6 nitrogen and oxygen atoms in total. The van der Waals surface area contributed by atoms with Gasteiger partial charge in [0.25, 0.3) is 5.56 Å². The van der Waals surface area contributed by atoms with Crippen molar-refractivity contribution < 1.29 is 4.74 Å². The number of benzene rings is 1. The van der Waals surface area contributed by atoms with Crippen LogP contribution in [0.1, 0.15) is 50.8 Å². The Morgan fingerprint density at radius 3 is 2.81 bits per heavy atom. The molecular formula is C20H24N4O2. The molecule has 2 aromatic heterocycles. The number of nitrogens with one attached hydrogen (secondary N) is 1. The van der Waals surface area contributed by atoms with Crippen LogP contribution >= 0.6 is 0 Å². The van der Waals surface area contributed by atoms with Crippen LogP contribution in [-0.4, -0.2) is 26.6 Å². The summed E-state index contributed by atoms with van der Waals surface area (Å²) in [6.07, 6.45) is 5.57. The van der Waals surface area contributed by atoms with Gasteiger partial charge in [0.05, 0.1) is 7.11 Å². The zero-order chi connectivity index (χ0) is 18.1. The molecule has 0 amide bonds. The first-order valence-corrected chi connectivity index (χ1v) is 9.36. The zero-order valence-corrected chi connectivity index (χ0v) is 15.3. The topological polar surface area (TPSA) is 72.8 Å². The molecule has 3 aromatic rings. The van der Waals surface area contributed by atoms with Crippen molar-refractivity contribution >= 4 is 11.2 Å². The fourth-order valence-corrected chi connectivity index (χ4v) is 3.81. The Hall–Kier alpha value is -2.63. The molecule has 0 aliphatic heterocycles. The maximum Gasteiger partial charge on any atom is 0.279 e. The first-order valence-electron chi connectivity index (χ1n) is 9.36. The van der Waals surface area contributed by atoms with E-state index in [0.717, 1.165) is 36.4 Å². The maximum atomic E-state index is 13.1. The summed E-state index contributed by atoms with van der Waals surface area (Å²) in [7, 11) is 1.64. The Kier molecular flexibility index (Phi) is 4.49. The standard InChI is InChI=1S/C20H24N4O2/c1-3-11-24-19(14-9-6-10-15(12-14)26-2)23-18-16(20(24)25)21-17(22-18)13-7-4-5-8-13/h6,9-10,12-13H,3-5,7-8,11H2,1-2H3,(H,21,22). The van der Waals surface area contributed by atoms with Crippen LogP contribution < -0.4 is 10.3 Å². The molecule has 1 aromatic carbocycles. The van der Waals surface area contributed by atoms with Crippen molar-refractivity contribution in [2.24, 2.45) is 0 Å². The third kappa shape index (κ3) is 2.89. The first kappa shape index (κ1) is 16.8. The highest BCUT2D eigenvalue weighted by molar-refractivity contribution is 5.73. The largest absolute Gasteiger partial charge is 0.497 e. The van der Waals surface area contributed by atoms with Gasteiger partial charge in [0.1, 0.15) is 17.4 Å². The van der Waals surface area contributed by atoms with Crippen molar-refractivity contribution in [2.75, 3.05) is 7.11 Å². The van der Waals surface area contributed by atoms with E-state index >= 15 is 0 Å². The predicted octanol–water partition coefficient (Wildman–Crippen LogP) is 3.86. The average Bonchev–Trinajstić information content (AvgIpc) is 3.33. The molecule has 0 atom stereocenters. The molecule has 2 heterocycles. The Morgan fingerprint density at radius 2 is 2.08 bits per heavy atom.